The van der Waals surface area contributed by atoms with Crippen LogP contribution in [0.15, 0.2) is 48.5 Å². The Balaban J connectivity index is 1.53. The zero-order valence-corrected chi connectivity index (χ0v) is 17.6. The van der Waals surface area contributed by atoms with Crippen molar-refractivity contribution < 1.29 is 9.84 Å². The van der Waals surface area contributed by atoms with Crippen LogP contribution in [0.3, 0.4) is 0 Å². The summed E-state index contributed by atoms with van der Waals surface area (Å²) in [6.45, 7) is 5.63. The Labute approximate surface area is 177 Å². The molecule has 2 aromatic carbocycles. The van der Waals surface area contributed by atoms with Gasteiger partial charge < -0.3 is 25.0 Å². The molecule has 0 spiro atoms. The van der Waals surface area contributed by atoms with Gasteiger partial charge in [-0.25, -0.2) is 4.98 Å². The molecule has 1 aliphatic rings. The Morgan fingerprint density at radius 3 is 2.37 bits per heavy atom. The first-order chi connectivity index (χ1) is 14.7. The summed E-state index contributed by atoms with van der Waals surface area (Å²) in [5, 5.41) is 14.0. The van der Waals surface area contributed by atoms with Crippen LogP contribution in [0.1, 0.15) is 13.3 Å². The van der Waals surface area contributed by atoms with Crippen LogP contribution >= 0.6 is 0 Å². The molecule has 3 aromatic rings. The number of nitrogens with one attached hydrogen (secondary N) is 1. The van der Waals surface area contributed by atoms with Crippen LogP contribution in [-0.4, -0.2) is 61.0 Å². The molecule has 4 rings (SSSR count). The number of piperazine rings is 1. The molecule has 2 N–H and O–H groups in total. The van der Waals surface area contributed by atoms with E-state index in [9.17, 15) is 5.11 Å². The summed E-state index contributed by atoms with van der Waals surface area (Å²) >= 11 is 0. The highest BCUT2D eigenvalue weighted by molar-refractivity contribution is 5.90. The second-order valence-electron chi connectivity index (χ2n) is 7.49. The molecular weight excluding hydrogens is 378 g/mol. The molecule has 7 nitrogen and oxygen atoms in total. The fourth-order valence-corrected chi connectivity index (χ4v) is 3.74. The van der Waals surface area contributed by atoms with E-state index >= 15 is 0 Å². The highest BCUT2D eigenvalue weighted by Gasteiger charge is 2.21. The van der Waals surface area contributed by atoms with E-state index in [4.69, 9.17) is 14.7 Å². The second kappa shape index (κ2) is 9.17. The van der Waals surface area contributed by atoms with E-state index in [0.717, 1.165) is 61.0 Å². The Morgan fingerprint density at radius 2 is 1.70 bits per heavy atom. The number of anilines is 3. The lowest BCUT2D eigenvalue weighted by Crippen LogP contribution is -2.47. The third kappa shape index (κ3) is 4.26. The number of hydrogen-bond acceptors (Lipinski definition) is 7. The van der Waals surface area contributed by atoms with E-state index in [1.165, 1.54) is 5.69 Å². The number of hydrogen-bond donors (Lipinski definition) is 2. The van der Waals surface area contributed by atoms with Crippen LogP contribution in [0.5, 0.6) is 5.75 Å². The average Bonchev–Trinajstić information content (AvgIpc) is 2.82. The number of nitrogens with zero attached hydrogens (tertiary/aromatic N) is 4. The first-order valence-electron chi connectivity index (χ1n) is 10.5. The van der Waals surface area contributed by atoms with Crippen molar-refractivity contribution in [2.45, 2.75) is 19.4 Å². The van der Waals surface area contributed by atoms with E-state index in [1.807, 2.05) is 36.4 Å². The molecule has 1 aliphatic heterocycles. The molecule has 0 saturated carbocycles. The maximum Gasteiger partial charge on any atom is 0.228 e. The third-order valence-electron chi connectivity index (χ3n) is 5.65. The summed E-state index contributed by atoms with van der Waals surface area (Å²) in [6.07, 6.45) is 0.824. The van der Waals surface area contributed by atoms with E-state index in [-0.39, 0.29) is 12.6 Å². The Hall–Kier alpha value is -3.06. The predicted molar refractivity (Wildman–Crippen MR) is 122 cm³/mol. The topological polar surface area (TPSA) is 73.8 Å². The summed E-state index contributed by atoms with van der Waals surface area (Å²) in [7, 11) is 1.68. The van der Waals surface area contributed by atoms with Crippen molar-refractivity contribution in [3.63, 3.8) is 0 Å². The number of ether oxygens (including phenoxy) is 1. The van der Waals surface area contributed by atoms with Gasteiger partial charge in [-0.3, -0.25) is 0 Å². The predicted octanol–water partition coefficient (Wildman–Crippen LogP) is 3.15. The number of fused-ring (bicyclic) bond motifs is 1. The van der Waals surface area contributed by atoms with Gasteiger partial charge in [-0.1, -0.05) is 19.1 Å². The van der Waals surface area contributed by atoms with E-state index in [0.29, 0.717) is 0 Å². The normalized spacial score (nSPS) is 15.3. The molecule has 30 heavy (non-hydrogen) atoms. The van der Waals surface area contributed by atoms with E-state index < -0.39 is 0 Å². The number of benzene rings is 2. The number of methoxy groups -OCH3 is 1. The van der Waals surface area contributed by atoms with Crippen molar-refractivity contribution in [3.05, 3.63) is 48.5 Å². The molecule has 0 bridgehead atoms. The molecule has 7 heteroatoms. The van der Waals surface area contributed by atoms with Crippen molar-refractivity contribution in [1.29, 1.82) is 0 Å². The first kappa shape index (κ1) is 20.2. The second-order valence-corrected chi connectivity index (χ2v) is 7.49. The summed E-state index contributed by atoms with van der Waals surface area (Å²) in [5.41, 5.74) is 2.11. The zero-order chi connectivity index (χ0) is 20.9. The Bertz CT molecular complexity index is 967. The number of para-hydroxylation sites is 1. The molecule has 1 unspecified atom stereocenters. The lowest BCUT2D eigenvalue weighted by Gasteiger charge is -2.36. The molecule has 0 aliphatic carbocycles. The maximum atomic E-state index is 9.62. The standard InChI is InChI=1S/C23H29N5O2/c1-3-17(16-29)24-22-20-6-4-5-7-21(20)25-23(26-22)28-14-12-27(13-15-28)18-8-10-19(30-2)11-9-18/h4-11,17,29H,3,12-16H2,1-2H3,(H,24,25,26). The quantitative estimate of drug-likeness (QED) is 0.623. The number of aliphatic hydroxyl groups is 1. The van der Waals surface area contributed by atoms with Crippen LogP contribution in [0, 0.1) is 0 Å². The van der Waals surface area contributed by atoms with Crippen LogP contribution in [0.4, 0.5) is 17.5 Å². The smallest absolute Gasteiger partial charge is 0.228 e. The van der Waals surface area contributed by atoms with Crippen molar-refractivity contribution in [1.82, 2.24) is 9.97 Å². The van der Waals surface area contributed by atoms with Crippen molar-refractivity contribution in [2.24, 2.45) is 0 Å². The van der Waals surface area contributed by atoms with Crippen LogP contribution in [0.25, 0.3) is 10.9 Å². The molecule has 158 valence electrons. The summed E-state index contributed by atoms with van der Waals surface area (Å²) in [6, 6.07) is 16.2. The van der Waals surface area contributed by atoms with Gasteiger partial charge in [0.2, 0.25) is 5.95 Å². The first-order valence-corrected chi connectivity index (χ1v) is 10.5. The van der Waals surface area contributed by atoms with E-state index in [2.05, 4.69) is 34.2 Å². The van der Waals surface area contributed by atoms with Gasteiger partial charge in [0.05, 0.1) is 25.3 Å². The minimum atomic E-state index is -0.0249. The van der Waals surface area contributed by atoms with Gasteiger partial charge in [0.1, 0.15) is 11.6 Å². The maximum absolute atomic E-state index is 9.62. The van der Waals surface area contributed by atoms with Gasteiger partial charge in [-0.2, -0.15) is 4.98 Å². The Kier molecular flexibility index (Phi) is 6.18. The molecule has 1 fully saturated rings. The summed E-state index contributed by atoms with van der Waals surface area (Å²) in [4.78, 5) is 14.3. The highest BCUT2D eigenvalue weighted by atomic mass is 16.5. The number of rotatable bonds is 7. The van der Waals surface area contributed by atoms with Gasteiger partial charge in [-0.05, 0) is 42.8 Å². The fourth-order valence-electron chi connectivity index (χ4n) is 3.74. The monoisotopic (exact) mass is 407 g/mol. The Morgan fingerprint density at radius 1 is 1.00 bits per heavy atom. The van der Waals surface area contributed by atoms with Gasteiger partial charge in [0, 0.05) is 37.3 Å². The zero-order valence-electron chi connectivity index (χ0n) is 17.6. The fraction of sp³-hybridized carbons (Fsp3) is 0.391. The van der Waals surface area contributed by atoms with E-state index in [1.54, 1.807) is 7.11 Å². The van der Waals surface area contributed by atoms with Crippen molar-refractivity contribution >= 4 is 28.4 Å². The molecule has 2 heterocycles. The largest absolute Gasteiger partial charge is 0.497 e. The van der Waals surface area contributed by atoms with Crippen LogP contribution in [-0.2, 0) is 0 Å². The third-order valence-corrected chi connectivity index (χ3v) is 5.65. The average molecular weight is 408 g/mol. The molecule has 0 amide bonds. The SMILES string of the molecule is CCC(CO)Nc1nc(N2CCN(c3ccc(OC)cc3)CC2)nc2ccccc12. The minimum absolute atomic E-state index is 0.0249. The van der Waals surface area contributed by atoms with Crippen LogP contribution < -0.4 is 19.9 Å². The van der Waals surface area contributed by atoms with Crippen LogP contribution in [0.2, 0.25) is 0 Å². The van der Waals surface area contributed by atoms with Gasteiger partial charge in [0.25, 0.3) is 0 Å². The van der Waals surface area contributed by atoms with Gasteiger partial charge in [0.15, 0.2) is 0 Å². The molecule has 1 atom stereocenters. The number of aromatic nitrogens is 2. The molecule has 1 aromatic heterocycles. The summed E-state index contributed by atoms with van der Waals surface area (Å²) in [5.74, 6) is 2.39. The summed E-state index contributed by atoms with van der Waals surface area (Å²) < 4.78 is 5.26. The molecule has 1 saturated heterocycles. The minimum Gasteiger partial charge on any atom is -0.497 e. The molecular formula is C23H29N5O2. The van der Waals surface area contributed by atoms with Gasteiger partial charge >= 0.3 is 0 Å². The van der Waals surface area contributed by atoms with Crippen molar-refractivity contribution in [2.75, 3.05) is 55.0 Å². The molecule has 0 radical (unpaired) electrons. The van der Waals surface area contributed by atoms with Gasteiger partial charge in [-0.15, -0.1) is 0 Å². The lowest BCUT2D eigenvalue weighted by atomic mass is 10.2. The number of aliphatic hydroxyl groups excluding tert-OH is 1. The lowest BCUT2D eigenvalue weighted by molar-refractivity contribution is 0.271. The highest BCUT2D eigenvalue weighted by Crippen LogP contribution is 2.26. The van der Waals surface area contributed by atoms with Crippen molar-refractivity contribution in [3.8, 4) is 5.75 Å².